The molecule has 0 aliphatic carbocycles. The Bertz CT molecular complexity index is 1100. The Morgan fingerprint density at radius 3 is 2.53 bits per heavy atom. The third-order valence-corrected chi connectivity index (χ3v) is 5.74. The van der Waals surface area contributed by atoms with Gasteiger partial charge in [-0.1, -0.05) is 48.0 Å². The highest BCUT2D eigenvalue weighted by Gasteiger charge is 2.34. The first kappa shape index (κ1) is 20.6. The summed E-state index contributed by atoms with van der Waals surface area (Å²) >= 11 is 7.65. The van der Waals surface area contributed by atoms with Crippen LogP contribution in [0.4, 0.5) is 18.9 Å². The molecule has 9 heteroatoms. The van der Waals surface area contributed by atoms with Crippen molar-refractivity contribution in [3.8, 4) is 0 Å². The minimum atomic E-state index is -4.52. The van der Waals surface area contributed by atoms with E-state index >= 15 is 0 Å². The van der Waals surface area contributed by atoms with Crippen LogP contribution in [0, 0.1) is 0 Å². The smallest absolute Gasteiger partial charge is 0.324 e. The van der Waals surface area contributed by atoms with Gasteiger partial charge in [-0.3, -0.25) is 9.71 Å². The number of benzene rings is 2. The van der Waals surface area contributed by atoms with Crippen LogP contribution in [0.3, 0.4) is 0 Å². The summed E-state index contributed by atoms with van der Waals surface area (Å²) in [5, 5.41) is 3.89. The van der Waals surface area contributed by atoms with Crippen molar-refractivity contribution in [3.63, 3.8) is 0 Å². The number of guanidine groups is 1. The lowest BCUT2D eigenvalue weighted by Crippen LogP contribution is -2.30. The van der Waals surface area contributed by atoms with Gasteiger partial charge in [-0.2, -0.15) is 13.2 Å². The summed E-state index contributed by atoms with van der Waals surface area (Å²) in [6.45, 7) is -0.152. The number of rotatable bonds is 4. The van der Waals surface area contributed by atoms with Gasteiger partial charge in [0.25, 0.3) is 0 Å². The summed E-state index contributed by atoms with van der Waals surface area (Å²) in [4.78, 5) is 8.73. The van der Waals surface area contributed by atoms with Gasteiger partial charge < -0.3 is 5.32 Å². The fourth-order valence-corrected chi connectivity index (χ4v) is 4.06. The first-order valence-electron chi connectivity index (χ1n) is 9.02. The third kappa shape index (κ3) is 4.55. The summed E-state index contributed by atoms with van der Waals surface area (Å²) in [5.41, 5.74) is 1.96. The van der Waals surface area contributed by atoms with E-state index in [0.717, 1.165) is 27.9 Å². The number of alkyl halides is 3. The van der Waals surface area contributed by atoms with Crippen LogP contribution in [0.15, 0.2) is 70.7 Å². The summed E-state index contributed by atoms with van der Waals surface area (Å²) in [7, 11) is 0. The maximum atomic E-state index is 13.1. The Kier molecular flexibility index (Phi) is 5.87. The number of halogens is 4. The minimum Gasteiger partial charge on any atom is -0.324 e. The highest BCUT2D eigenvalue weighted by atomic mass is 35.5. The maximum Gasteiger partial charge on any atom is 0.433 e. The van der Waals surface area contributed by atoms with Gasteiger partial charge in [-0.25, -0.2) is 4.99 Å². The Balaban J connectivity index is 1.58. The van der Waals surface area contributed by atoms with Crippen molar-refractivity contribution >= 4 is 35.2 Å². The molecule has 4 rings (SSSR count). The first-order valence-corrected chi connectivity index (χ1v) is 10.2. The van der Waals surface area contributed by atoms with Crippen LogP contribution < -0.4 is 10.0 Å². The molecule has 30 heavy (non-hydrogen) atoms. The van der Waals surface area contributed by atoms with Gasteiger partial charge in [0.2, 0.25) is 5.96 Å². The highest BCUT2D eigenvalue weighted by Crippen LogP contribution is 2.34. The SMILES string of the molecule is FC(F)(F)c1ncccc1CN=C1NSc2cccc(Cc3ccccc3Cl)c2N1. The lowest BCUT2D eigenvalue weighted by molar-refractivity contribution is -0.141. The molecule has 1 aromatic heterocycles. The summed E-state index contributed by atoms with van der Waals surface area (Å²) in [6.07, 6.45) is -2.78. The summed E-state index contributed by atoms with van der Waals surface area (Å²) < 4.78 is 42.5. The van der Waals surface area contributed by atoms with Crippen molar-refractivity contribution in [2.45, 2.75) is 24.0 Å². The quantitative estimate of drug-likeness (QED) is 0.486. The Hall–Kier alpha value is -2.71. The number of aliphatic imine (C=N–C) groups is 1. The number of fused-ring (bicyclic) bond motifs is 1. The Morgan fingerprint density at radius 2 is 1.73 bits per heavy atom. The van der Waals surface area contributed by atoms with Crippen LogP contribution in [0.25, 0.3) is 0 Å². The van der Waals surface area contributed by atoms with Crippen molar-refractivity contribution < 1.29 is 13.2 Å². The molecule has 0 spiro atoms. The lowest BCUT2D eigenvalue weighted by atomic mass is 10.0. The summed E-state index contributed by atoms with van der Waals surface area (Å²) in [6, 6.07) is 16.4. The van der Waals surface area contributed by atoms with Gasteiger partial charge >= 0.3 is 6.18 Å². The van der Waals surface area contributed by atoms with Crippen molar-refractivity contribution in [2.75, 3.05) is 5.32 Å². The van der Waals surface area contributed by atoms with Crippen LogP contribution in [0.1, 0.15) is 22.4 Å². The van der Waals surface area contributed by atoms with E-state index in [2.05, 4.69) is 20.0 Å². The van der Waals surface area contributed by atoms with Crippen molar-refractivity contribution in [1.29, 1.82) is 0 Å². The number of hydrogen-bond donors (Lipinski definition) is 2. The second-order valence-electron chi connectivity index (χ2n) is 6.56. The minimum absolute atomic E-state index is 0.0150. The normalized spacial score (nSPS) is 14.7. The van der Waals surface area contributed by atoms with Crippen molar-refractivity contribution in [1.82, 2.24) is 9.71 Å². The molecular weight excluding hydrogens is 433 g/mol. The fourth-order valence-electron chi connectivity index (χ4n) is 3.10. The van der Waals surface area contributed by atoms with Gasteiger partial charge in [0, 0.05) is 23.2 Å². The maximum absolute atomic E-state index is 13.1. The molecule has 2 heterocycles. The number of aromatic nitrogens is 1. The monoisotopic (exact) mass is 448 g/mol. The molecule has 1 aliphatic heterocycles. The van der Waals surface area contributed by atoms with E-state index in [1.54, 1.807) is 0 Å². The molecule has 2 aromatic carbocycles. The van der Waals surface area contributed by atoms with E-state index in [9.17, 15) is 13.2 Å². The van der Waals surface area contributed by atoms with Crippen LogP contribution in [-0.4, -0.2) is 10.9 Å². The molecule has 2 N–H and O–H groups in total. The Labute approximate surface area is 180 Å². The second-order valence-corrected chi connectivity index (χ2v) is 7.82. The van der Waals surface area contributed by atoms with E-state index in [-0.39, 0.29) is 12.1 Å². The van der Waals surface area contributed by atoms with Gasteiger partial charge in [0.15, 0.2) is 0 Å². The average Bonchev–Trinajstić information content (AvgIpc) is 2.73. The third-order valence-electron chi connectivity index (χ3n) is 4.52. The summed E-state index contributed by atoms with van der Waals surface area (Å²) in [5.74, 6) is 0.385. The van der Waals surface area contributed by atoms with Gasteiger partial charge in [-0.15, -0.1) is 0 Å². The topological polar surface area (TPSA) is 49.3 Å². The molecule has 0 radical (unpaired) electrons. The molecule has 0 unspecified atom stereocenters. The standard InChI is InChI=1S/C21H16ClF3N4S/c22-16-8-2-1-5-13(16)11-14-6-3-9-17-18(14)28-20(29-30-17)27-12-15-7-4-10-26-19(15)21(23,24)25/h1-10H,11-12H2,(H2,27,28,29). The highest BCUT2D eigenvalue weighted by molar-refractivity contribution is 7.98. The van der Waals surface area contributed by atoms with E-state index in [1.807, 2.05) is 42.5 Å². The Morgan fingerprint density at radius 1 is 0.967 bits per heavy atom. The molecule has 0 bridgehead atoms. The zero-order chi connectivity index (χ0) is 21.1. The molecule has 0 saturated heterocycles. The molecular formula is C21H16ClF3N4S. The van der Waals surface area contributed by atoms with E-state index < -0.39 is 11.9 Å². The zero-order valence-electron chi connectivity index (χ0n) is 15.5. The van der Waals surface area contributed by atoms with Crippen LogP contribution in [0.2, 0.25) is 5.02 Å². The molecule has 0 saturated carbocycles. The van der Waals surface area contributed by atoms with Crippen LogP contribution in [-0.2, 0) is 19.1 Å². The largest absolute Gasteiger partial charge is 0.433 e. The first-order chi connectivity index (χ1) is 14.4. The van der Waals surface area contributed by atoms with Gasteiger partial charge in [-0.05, 0) is 41.3 Å². The molecule has 154 valence electrons. The van der Waals surface area contributed by atoms with Gasteiger partial charge in [0.05, 0.1) is 17.1 Å². The average molecular weight is 449 g/mol. The van der Waals surface area contributed by atoms with Crippen LogP contribution in [0.5, 0.6) is 0 Å². The van der Waals surface area contributed by atoms with E-state index in [1.165, 1.54) is 24.1 Å². The number of pyridine rings is 1. The number of hydrogen-bond acceptors (Lipinski definition) is 3. The molecule has 0 atom stereocenters. The predicted molar refractivity (Wildman–Crippen MR) is 114 cm³/mol. The predicted octanol–water partition coefficient (Wildman–Crippen LogP) is 5.92. The number of nitrogens with zero attached hydrogens (tertiary/aromatic N) is 2. The molecule has 1 aliphatic rings. The molecule has 4 nitrogen and oxygen atoms in total. The lowest BCUT2D eigenvalue weighted by Gasteiger charge is -2.23. The molecule has 0 amide bonds. The second kappa shape index (κ2) is 8.57. The molecule has 0 fully saturated rings. The zero-order valence-corrected chi connectivity index (χ0v) is 17.1. The van der Waals surface area contributed by atoms with E-state index in [0.29, 0.717) is 17.4 Å². The van der Waals surface area contributed by atoms with E-state index in [4.69, 9.17) is 11.6 Å². The molecule has 3 aromatic rings. The van der Waals surface area contributed by atoms with Crippen molar-refractivity contribution in [2.24, 2.45) is 4.99 Å². The van der Waals surface area contributed by atoms with Gasteiger partial charge in [0.1, 0.15) is 5.69 Å². The van der Waals surface area contributed by atoms with Crippen molar-refractivity contribution in [3.05, 3.63) is 88.2 Å². The fraction of sp³-hybridized carbons (Fsp3) is 0.143. The number of nitrogens with one attached hydrogen (secondary N) is 2. The number of para-hydroxylation sites is 1. The van der Waals surface area contributed by atoms with Crippen LogP contribution >= 0.6 is 23.5 Å². The number of anilines is 1.